The first-order valence-corrected chi connectivity index (χ1v) is 15.5. The number of likely N-dealkylation sites (tertiary alicyclic amines) is 1. The molecule has 4 aliphatic carbocycles. The summed E-state index contributed by atoms with van der Waals surface area (Å²) >= 11 is 0. The number of nitrogens with one attached hydrogen (secondary N) is 1. The number of rotatable bonds is 3. The lowest BCUT2D eigenvalue weighted by molar-refractivity contribution is -0.130. The number of hydrogen-bond donors (Lipinski definition) is 1. The highest BCUT2D eigenvalue weighted by atomic mass is 16.5. The zero-order valence-electron chi connectivity index (χ0n) is 24.0. The number of fused-ring (bicyclic) bond motifs is 6. The van der Waals surface area contributed by atoms with Gasteiger partial charge in [-0.2, -0.15) is 0 Å². The van der Waals surface area contributed by atoms with E-state index in [0.29, 0.717) is 41.1 Å². The van der Waals surface area contributed by atoms with E-state index in [2.05, 4.69) is 37.9 Å². The molecule has 0 aromatic rings. The Hall–Kier alpha value is -1.20. The molecule has 3 saturated carbocycles. The van der Waals surface area contributed by atoms with E-state index in [4.69, 9.17) is 4.74 Å². The number of carbonyl (C=O) groups excluding carboxylic acids is 2. The van der Waals surface area contributed by atoms with Crippen LogP contribution in [0.1, 0.15) is 100 Å². The average Bonchev–Trinajstić information content (AvgIpc) is 3.29. The summed E-state index contributed by atoms with van der Waals surface area (Å²) < 4.78 is 7.20. The van der Waals surface area contributed by atoms with Crippen molar-refractivity contribution in [2.75, 3.05) is 19.6 Å². The lowest BCUT2D eigenvalue weighted by Gasteiger charge is -2.52. The zero-order valence-corrected chi connectivity index (χ0v) is 24.0. The number of carbonyl (C=O) groups is 2. The number of ketones is 1. The van der Waals surface area contributed by atoms with Crippen molar-refractivity contribution in [3.8, 4) is 0 Å². The number of nitrogens with zero attached hydrogens (tertiary/aromatic N) is 1. The summed E-state index contributed by atoms with van der Waals surface area (Å²) in [6, 6.07) is 0.461. The summed E-state index contributed by atoms with van der Waals surface area (Å²) in [4.78, 5) is 26.4. The highest BCUT2D eigenvalue weighted by Crippen LogP contribution is 2.65. The van der Waals surface area contributed by atoms with Gasteiger partial charge in [0.2, 0.25) is 5.91 Å². The molecule has 5 nitrogen and oxygen atoms in total. The van der Waals surface area contributed by atoms with E-state index in [1.165, 1.54) is 32.1 Å². The first kappa shape index (κ1) is 26.0. The Balaban J connectivity index is 0.00000294. The number of ether oxygens (including phenoxy) is 1. The van der Waals surface area contributed by atoms with Gasteiger partial charge in [0.15, 0.2) is 0 Å². The molecule has 6 aliphatic rings. The van der Waals surface area contributed by atoms with E-state index in [1.807, 2.05) is 0 Å². The van der Waals surface area contributed by atoms with Crippen LogP contribution >= 0.6 is 0 Å². The van der Waals surface area contributed by atoms with Gasteiger partial charge in [0.05, 0.1) is 11.7 Å². The minimum absolute atomic E-state index is 0. The second-order valence-corrected chi connectivity index (χ2v) is 14.4. The van der Waals surface area contributed by atoms with E-state index in [9.17, 15) is 9.59 Å². The summed E-state index contributed by atoms with van der Waals surface area (Å²) in [7, 11) is 0. The second kappa shape index (κ2) is 9.47. The molecule has 10 atom stereocenters. The van der Waals surface area contributed by atoms with Gasteiger partial charge in [-0.3, -0.25) is 14.5 Å². The number of piperidine rings is 1. The first-order chi connectivity index (χ1) is 17.6. The van der Waals surface area contributed by atoms with Crippen LogP contribution < -0.4 is 5.32 Å². The third-order valence-corrected chi connectivity index (χ3v) is 12.4. The summed E-state index contributed by atoms with van der Waals surface area (Å²) in [5, 5.41) is 3.02. The Morgan fingerprint density at radius 2 is 2.00 bits per heavy atom. The molecule has 2 aliphatic heterocycles. The van der Waals surface area contributed by atoms with Gasteiger partial charge in [0.1, 0.15) is 5.78 Å². The van der Waals surface area contributed by atoms with Gasteiger partial charge in [-0.25, -0.2) is 0 Å². The molecule has 37 heavy (non-hydrogen) atoms. The summed E-state index contributed by atoms with van der Waals surface area (Å²) in [6.07, 6.45) is 11.7. The van der Waals surface area contributed by atoms with Gasteiger partial charge in [-0.1, -0.05) is 31.9 Å². The third kappa shape index (κ3) is 4.26. The lowest BCUT2D eigenvalue weighted by Crippen LogP contribution is -2.53. The molecule has 5 heteroatoms. The highest BCUT2D eigenvalue weighted by Gasteiger charge is 2.60. The van der Waals surface area contributed by atoms with E-state index >= 15 is 0 Å². The maximum Gasteiger partial charge on any atom is 0.216 e. The predicted octanol–water partition coefficient (Wildman–Crippen LogP) is 5.77. The minimum Gasteiger partial charge on any atom is -0.369 e. The van der Waals surface area contributed by atoms with Gasteiger partial charge >= 0.3 is 0 Å². The summed E-state index contributed by atoms with van der Waals surface area (Å²) in [6.45, 7) is 14.2. The van der Waals surface area contributed by atoms with Crippen LogP contribution in [0.2, 0.25) is 0 Å². The maximum atomic E-state index is 12.3. The maximum absolute atomic E-state index is 12.3. The van der Waals surface area contributed by atoms with Gasteiger partial charge in [0, 0.05) is 52.8 Å². The molecule has 1 spiro atoms. The predicted molar refractivity (Wildman–Crippen MR) is 148 cm³/mol. The largest absolute Gasteiger partial charge is 0.369 e. The zero-order chi connectivity index (χ0) is 26.1. The molecule has 0 radical (unpaired) electrons. The van der Waals surface area contributed by atoms with Crippen molar-refractivity contribution < 1.29 is 15.8 Å². The number of hydrogen-bond acceptors (Lipinski definition) is 4. The third-order valence-electron chi connectivity index (χ3n) is 12.4. The van der Waals surface area contributed by atoms with Crippen molar-refractivity contribution in [2.24, 2.45) is 40.9 Å². The fourth-order valence-corrected chi connectivity index (χ4v) is 10.6. The van der Waals surface area contributed by atoms with E-state index in [0.717, 1.165) is 69.5 Å². The van der Waals surface area contributed by atoms with E-state index < -0.39 is 0 Å². The SMILES string of the molecule is CC(=O)NCCN1C[C@@H](C)C[C@H]2O[C@]3(CC[C@@H]4C(=C(C)C3)C[C@H]3[C@H]4CC[C@@H]4CC(=O)CC[C@@]43C)[C@H](C)[C@@H]21.[HH]. The fourth-order valence-electron chi connectivity index (χ4n) is 10.6. The normalized spacial score (nSPS) is 47.8. The Morgan fingerprint density at radius 3 is 2.78 bits per heavy atom. The molecule has 5 fully saturated rings. The van der Waals surface area contributed by atoms with Gasteiger partial charge in [-0.05, 0) is 93.3 Å². The quantitative estimate of drug-likeness (QED) is 0.488. The minimum atomic E-state index is -0.0407. The Labute approximate surface area is 226 Å². The van der Waals surface area contributed by atoms with Crippen LogP contribution in [-0.4, -0.2) is 54.0 Å². The van der Waals surface area contributed by atoms with Crippen LogP contribution in [0.4, 0.5) is 0 Å². The van der Waals surface area contributed by atoms with E-state index in [-0.39, 0.29) is 12.9 Å². The van der Waals surface area contributed by atoms with Gasteiger partial charge < -0.3 is 10.1 Å². The first-order valence-electron chi connectivity index (χ1n) is 15.5. The molecule has 0 aromatic carbocycles. The molecule has 1 N–H and O–H groups in total. The van der Waals surface area contributed by atoms with Crippen molar-refractivity contribution in [1.82, 2.24) is 10.2 Å². The second-order valence-electron chi connectivity index (χ2n) is 14.4. The smallest absolute Gasteiger partial charge is 0.216 e. The fraction of sp³-hybridized carbons (Fsp3) is 0.875. The summed E-state index contributed by atoms with van der Waals surface area (Å²) in [5.74, 6) is 4.65. The molecule has 208 valence electrons. The van der Waals surface area contributed by atoms with Crippen LogP contribution in [0.3, 0.4) is 0 Å². The highest BCUT2D eigenvalue weighted by molar-refractivity contribution is 5.79. The van der Waals surface area contributed by atoms with Gasteiger partial charge in [-0.15, -0.1) is 0 Å². The summed E-state index contributed by atoms with van der Waals surface area (Å²) in [5.41, 5.74) is 3.74. The van der Waals surface area contributed by atoms with Crippen LogP contribution in [0.5, 0.6) is 0 Å². The Morgan fingerprint density at radius 1 is 1.19 bits per heavy atom. The topological polar surface area (TPSA) is 58.6 Å². The standard InChI is InChI=1S/C32H50N2O3.H2/c1-19-14-29-30(34(18-19)13-12-33-22(4)35)21(3)32(37-29)11-9-25-26-7-6-23-15-24(36)8-10-31(23,5)28(26)16-27(25)20(2)17-32;/h19,21,23,25-26,28-30H,6-18H2,1-5H3,(H,33,35);1H/t19-,21+,23+,25-,26-,28-,29+,30-,31-,32-;/m0./s1. The average molecular weight is 513 g/mol. The van der Waals surface area contributed by atoms with Crippen LogP contribution in [0, 0.1) is 40.9 Å². The molecule has 0 unspecified atom stereocenters. The Kier molecular flexibility index (Phi) is 6.66. The lowest BCUT2D eigenvalue weighted by atomic mass is 9.52. The van der Waals surface area contributed by atoms with Crippen molar-refractivity contribution in [3.05, 3.63) is 11.1 Å². The molecule has 6 rings (SSSR count). The van der Waals surface area contributed by atoms with Crippen molar-refractivity contribution in [3.63, 3.8) is 0 Å². The molecule has 2 saturated heterocycles. The number of Topliss-reactive ketones (excluding diaryl/α,β-unsaturated/α-hetero) is 1. The van der Waals surface area contributed by atoms with Crippen molar-refractivity contribution >= 4 is 11.7 Å². The molecular formula is C32H52N2O3. The number of allylic oxidation sites excluding steroid dienone is 1. The molecule has 0 aromatic heterocycles. The monoisotopic (exact) mass is 512 g/mol. The Bertz CT molecular complexity index is 982. The molecular weight excluding hydrogens is 460 g/mol. The van der Waals surface area contributed by atoms with Gasteiger partial charge in [0.25, 0.3) is 0 Å². The van der Waals surface area contributed by atoms with Crippen LogP contribution in [-0.2, 0) is 14.3 Å². The van der Waals surface area contributed by atoms with Crippen molar-refractivity contribution in [2.45, 2.75) is 117 Å². The molecule has 2 heterocycles. The number of amides is 1. The molecule has 1 amide bonds. The van der Waals surface area contributed by atoms with Crippen LogP contribution in [0.25, 0.3) is 0 Å². The van der Waals surface area contributed by atoms with Crippen molar-refractivity contribution in [1.29, 1.82) is 0 Å². The van der Waals surface area contributed by atoms with E-state index in [1.54, 1.807) is 18.1 Å². The van der Waals surface area contributed by atoms with Crippen LogP contribution in [0.15, 0.2) is 11.1 Å². The molecule has 0 bridgehead atoms.